The van der Waals surface area contributed by atoms with Gasteiger partial charge in [0.05, 0.1) is 12.1 Å². The van der Waals surface area contributed by atoms with Gasteiger partial charge in [0.1, 0.15) is 0 Å². The van der Waals surface area contributed by atoms with Gasteiger partial charge < -0.3 is 5.73 Å². The molecule has 2 N–H and O–H groups in total. The van der Waals surface area contributed by atoms with Crippen molar-refractivity contribution in [3.05, 3.63) is 87.6 Å². The number of fused-ring (bicyclic) bond motifs is 1. The molecule has 27 heavy (non-hydrogen) atoms. The van der Waals surface area contributed by atoms with Gasteiger partial charge in [0.2, 0.25) is 5.91 Å². The number of hydrogen-bond donors (Lipinski definition) is 1. The molecule has 0 radical (unpaired) electrons. The van der Waals surface area contributed by atoms with E-state index in [9.17, 15) is 4.79 Å². The zero-order valence-electron chi connectivity index (χ0n) is 15.0. The van der Waals surface area contributed by atoms with Crippen molar-refractivity contribution in [2.24, 2.45) is 5.73 Å². The van der Waals surface area contributed by atoms with Crippen LogP contribution in [0.5, 0.6) is 0 Å². The van der Waals surface area contributed by atoms with E-state index in [1.165, 1.54) is 22.4 Å². The third-order valence-electron chi connectivity index (χ3n) is 5.08. The number of hydrogen-bond acceptors (Lipinski definition) is 2. The maximum Gasteiger partial charge on any atom is 0.221 e. The molecule has 136 valence electrons. The highest BCUT2D eigenvalue weighted by atomic mass is 35.5. The van der Waals surface area contributed by atoms with Crippen molar-refractivity contribution in [1.82, 2.24) is 4.98 Å². The number of aromatic nitrogens is 1. The third kappa shape index (κ3) is 4.04. The summed E-state index contributed by atoms with van der Waals surface area (Å²) < 4.78 is 0. The highest BCUT2D eigenvalue weighted by Gasteiger charge is 2.18. The van der Waals surface area contributed by atoms with Gasteiger partial charge in [-0.1, -0.05) is 48.0 Å². The van der Waals surface area contributed by atoms with Crippen LogP contribution in [0.4, 0.5) is 0 Å². The van der Waals surface area contributed by atoms with E-state index in [2.05, 4.69) is 18.2 Å². The molecule has 0 unspecified atom stereocenters. The first-order valence-corrected chi connectivity index (χ1v) is 9.60. The topological polar surface area (TPSA) is 56.0 Å². The number of nitrogens with two attached hydrogens (primary N) is 1. The van der Waals surface area contributed by atoms with E-state index >= 15 is 0 Å². The second kappa shape index (κ2) is 7.53. The lowest BCUT2D eigenvalue weighted by Gasteiger charge is -2.12. The van der Waals surface area contributed by atoms with Gasteiger partial charge in [-0.05, 0) is 66.1 Å². The molecule has 3 aromatic rings. The lowest BCUT2D eigenvalue weighted by atomic mass is 9.96. The first kappa shape index (κ1) is 17.7. The van der Waals surface area contributed by atoms with Crippen molar-refractivity contribution < 1.29 is 4.79 Å². The second-order valence-corrected chi connectivity index (χ2v) is 7.53. The number of primary amides is 1. The lowest BCUT2D eigenvalue weighted by Crippen LogP contribution is -2.13. The van der Waals surface area contributed by atoms with Crippen LogP contribution in [-0.2, 0) is 30.5 Å². The lowest BCUT2D eigenvalue weighted by molar-refractivity contribution is -0.117. The summed E-state index contributed by atoms with van der Waals surface area (Å²) in [6.07, 6.45) is 4.45. The standard InChI is InChI=1S/C23H21ClN2O/c24-19-10-8-17(9-11-19)22-14-18(20-2-1-3-21(20)26-22)12-15-4-6-16(7-5-15)13-23(25)27/h4-11,14H,1-3,12-13H2,(H2,25,27). The zero-order chi connectivity index (χ0) is 18.8. The first-order chi connectivity index (χ1) is 13.1. The number of halogens is 1. The molecule has 1 aliphatic carbocycles. The third-order valence-corrected chi connectivity index (χ3v) is 5.33. The van der Waals surface area contributed by atoms with E-state index in [-0.39, 0.29) is 12.3 Å². The number of pyridine rings is 1. The minimum atomic E-state index is -0.303. The molecule has 0 bridgehead atoms. The fourth-order valence-electron chi connectivity index (χ4n) is 3.75. The Morgan fingerprint density at radius 2 is 1.70 bits per heavy atom. The summed E-state index contributed by atoms with van der Waals surface area (Å²) in [7, 11) is 0. The maximum absolute atomic E-state index is 11.1. The fraction of sp³-hybridized carbons (Fsp3) is 0.217. The minimum Gasteiger partial charge on any atom is -0.369 e. The summed E-state index contributed by atoms with van der Waals surface area (Å²) in [6.45, 7) is 0. The van der Waals surface area contributed by atoms with Crippen molar-refractivity contribution in [3.8, 4) is 11.3 Å². The van der Waals surface area contributed by atoms with Gasteiger partial charge in [-0.15, -0.1) is 0 Å². The van der Waals surface area contributed by atoms with Crippen LogP contribution in [0, 0.1) is 0 Å². The van der Waals surface area contributed by atoms with Gasteiger partial charge in [-0.25, -0.2) is 0 Å². The molecule has 4 rings (SSSR count). The molecule has 3 nitrogen and oxygen atoms in total. The van der Waals surface area contributed by atoms with Crippen molar-refractivity contribution >= 4 is 17.5 Å². The minimum absolute atomic E-state index is 0.283. The molecule has 4 heteroatoms. The molecule has 1 heterocycles. The van der Waals surface area contributed by atoms with Gasteiger partial charge in [-0.3, -0.25) is 9.78 Å². The van der Waals surface area contributed by atoms with Crippen LogP contribution in [0.2, 0.25) is 5.02 Å². The van der Waals surface area contributed by atoms with Crippen LogP contribution >= 0.6 is 11.6 Å². The molecular formula is C23H21ClN2O. The van der Waals surface area contributed by atoms with Crippen LogP contribution in [0.3, 0.4) is 0 Å². The Morgan fingerprint density at radius 1 is 1.00 bits per heavy atom. The highest BCUT2D eigenvalue weighted by Crippen LogP contribution is 2.30. The Hall–Kier alpha value is -2.65. The zero-order valence-corrected chi connectivity index (χ0v) is 15.8. The summed E-state index contributed by atoms with van der Waals surface area (Å²) in [6, 6.07) is 18.2. The Balaban J connectivity index is 1.65. The number of benzene rings is 2. The average Bonchev–Trinajstić information content (AvgIpc) is 3.12. The van der Waals surface area contributed by atoms with E-state index < -0.39 is 0 Å². The molecule has 0 saturated heterocycles. The largest absolute Gasteiger partial charge is 0.369 e. The quantitative estimate of drug-likeness (QED) is 0.712. The molecule has 0 aliphatic heterocycles. The van der Waals surface area contributed by atoms with E-state index in [0.717, 1.165) is 47.5 Å². The monoisotopic (exact) mass is 376 g/mol. The second-order valence-electron chi connectivity index (χ2n) is 7.09. The summed E-state index contributed by atoms with van der Waals surface area (Å²) in [5.74, 6) is -0.303. The van der Waals surface area contributed by atoms with Gasteiger partial charge in [-0.2, -0.15) is 0 Å². The van der Waals surface area contributed by atoms with Gasteiger partial charge in [0, 0.05) is 16.3 Å². The summed E-state index contributed by atoms with van der Waals surface area (Å²) in [4.78, 5) is 16.0. The van der Waals surface area contributed by atoms with Gasteiger partial charge in [0.15, 0.2) is 0 Å². The van der Waals surface area contributed by atoms with Crippen molar-refractivity contribution in [2.75, 3.05) is 0 Å². The van der Waals surface area contributed by atoms with Crippen LogP contribution in [0.25, 0.3) is 11.3 Å². The SMILES string of the molecule is NC(=O)Cc1ccc(Cc2cc(-c3ccc(Cl)cc3)nc3c2CCC3)cc1. The molecular weight excluding hydrogens is 356 g/mol. The summed E-state index contributed by atoms with van der Waals surface area (Å²) in [5, 5.41) is 0.733. The summed E-state index contributed by atoms with van der Waals surface area (Å²) >= 11 is 6.03. The number of amides is 1. The van der Waals surface area contributed by atoms with Crippen LogP contribution in [0.15, 0.2) is 54.6 Å². The smallest absolute Gasteiger partial charge is 0.221 e. The molecule has 1 aromatic heterocycles. The normalized spacial score (nSPS) is 12.8. The van der Waals surface area contributed by atoms with Gasteiger partial charge in [0.25, 0.3) is 0 Å². The molecule has 0 fully saturated rings. The molecule has 2 aromatic carbocycles. The highest BCUT2D eigenvalue weighted by molar-refractivity contribution is 6.30. The van der Waals surface area contributed by atoms with Crippen LogP contribution in [-0.4, -0.2) is 10.9 Å². The van der Waals surface area contributed by atoms with E-state index in [4.69, 9.17) is 22.3 Å². The van der Waals surface area contributed by atoms with Gasteiger partial charge >= 0.3 is 0 Å². The molecule has 0 spiro atoms. The maximum atomic E-state index is 11.1. The Kier molecular flexibility index (Phi) is 4.95. The Morgan fingerprint density at radius 3 is 2.41 bits per heavy atom. The predicted octanol–water partition coefficient (Wildman–Crippen LogP) is 4.51. The number of rotatable bonds is 5. The number of nitrogens with zero attached hydrogens (tertiary/aromatic N) is 1. The Bertz CT molecular complexity index is 979. The van der Waals surface area contributed by atoms with Crippen molar-refractivity contribution in [2.45, 2.75) is 32.1 Å². The fourth-order valence-corrected chi connectivity index (χ4v) is 3.88. The molecule has 0 atom stereocenters. The van der Waals surface area contributed by atoms with Crippen LogP contribution < -0.4 is 5.73 Å². The average molecular weight is 377 g/mol. The van der Waals surface area contributed by atoms with E-state index in [1.807, 2.05) is 36.4 Å². The Labute approximate surface area is 164 Å². The number of aryl methyl sites for hydroxylation is 1. The van der Waals surface area contributed by atoms with Crippen molar-refractivity contribution in [3.63, 3.8) is 0 Å². The molecule has 1 aliphatic rings. The van der Waals surface area contributed by atoms with Crippen LogP contribution in [0.1, 0.15) is 34.4 Å². The van der Waals surface area contributed by atoms with Crippen molar-refractivity contribution in [1.29, 1.82) is 0 Å². The number of carbonyl (C=O) groups excluding carboxylic acids is 1. The summed E-state index contributed by atoms with van der Waals surface area (Å²) in [5.41, 5.74) is 13.5. The number of carbonyl (C=O) groups is 1. The first-order valence-electron chi connectivity index (χ1n) is 9.22. The van der Waals surface area contributed by atoms with E-state index in [1.54, 1.807) is 0 Å². The predicted molar refractivity (Wildman–Crippen MR) is 109 cm³/mol. The van der Waals surface area contributed by atoms with E-state index in [0.29, 0.717) is 0 Å². The molecule has 1 amide bonds. The molecule has 0 saturated carbocycles.